The third-order valence-electron chi connectivity index (χ3n) is 8.80. The summed E-state index contributed by atoms with van der Waals surface area (Å²) in [5, 5.41) is 37.7. The number of hydrogen-bond acceptors (Lipinski definition) is 15. The Balaban J connectivity index is 1.38. The third kappa shape index (κ3) is 8.95. The van der Waals surface area contributed by atoms with E-state index < -0.39 is 107 Å². The normalized spacial score (nSPS) is 29.1. The van der Waals surface area contributed by atoms with E-state index in [1.54, 1.807) is 0 Å². The first-order valence-electron chi connectivity index (χ1n) is 16.4. The number of aliphatic hydroxyl groups is 2. The highest BCUT2D eigenvalue weighted by Crippen LogP contribution is 2.36. The number of aliphatic hydroxyl groups excluding tert-OH is 2. The molecule has 7 N–H and O–H groups in total. The smallest absolute Gasteiger partial charge is 0.330 e. The maximum Gasteiger partial charge on any atom is 0.330 e. The van der Waals surface area contributed by atoms with Gasteiger partial charge in [0.25, 0.3) is 17.2 Å². The Morgan fingerprint density at radius 3 is 2.49 bits per heavy atom. The lowest BCUT2D eigenvalue weighted by Gasteiger charge is -2.35. The van der Waals surface area contributed by atoms with Gasteiger partial charge in [0.1, 0.15) is 30.5 Å². The maximum atomic E-state index is 13.2. The average Bonchev–Trinajstić information content (AvgIpc) is 3.35. The molecule has 21 nitrogen and oxygen atoms in total. The van der Waals surface area contributed by atoms with Crippen molar-refractivity contribution in [2.45, 2.75) is 93.8 Å². The van der Waals surface area contributed by atoms with E-state index >= 15 is 0 Å². The van der Waals surface area contributed by atoms with Crippen LogP contribution in [-0.4, -0.2) is 110 Å². The molecule has 0 radical (unpaired) electrons. The number of H-pyrrole nitrogens is 1. The minimum atomic E-state index is -1.95. The maximum absolute atomic E-state index is 13.2. The molecular formula is C32H38N6O15. The minimum Gasteiger partial charge on any atom is -0.456 e. The number of aromatic nitrogens is 2. The van der Waals surface area contributed by atoms with Crippen LogP contribution in [0.25, 0.3) is 0 Å². The summed E-state index contributed by atoms with van der Waals surface area (Å²) in [6, 6.07) is 4.98. The van der Waals surface area contributed by atoms with Gasteiger partial charge >= 0.3 is 11.7 Å². The molecular weight excluding hydrogens is 708 g/mol. The van der Waals surface area contributed by atoms with Crippen LogP contribution < -0.4 is 27.6 Å². The van der Waals surface area contributed by atoms with Crippen LogP contribution in [0.15, 0.2) is 58.0 Å². The van der Waals surface area contributed by atoms with Crippen LogP contribution in [0, 0.1) is 10.1 Å². The summed E-state index contributed by atoms with van der Waals surface area (Å²) in [4.78, 5) is 89.0. The molecule has 3 aliphatic heterocycles. The number of methoxy groups -OCH3 is 1. The zero-order valence-electron chi connectivity index (χ0n) is 28.3. The molecule has 53 heavy (non-hydrogen) atoms. The van der Waals surface area contributed by atoms with E-state index in [0.717, 1.165) is 30.0 Å². The molecule has 3 amide bonds. The average molecular weight is 747 g/mol. The molecule has 10 atom stereocenters. The number of ether oxygens (including phenoxy) is 5. The van der Waals surface area contributed by atoms with Gasteiger partial charge in [0.05, 0.1) is 11.3 Å². The van der Waals surface area contributed by atoms with Crippen molar-refractivity contribution in [3.63, 3.8) is 0 Å². The van der Waals surface area contributed by atoms with Crippen LogP contribution in [-0.2, 0) is 49.3 Å². The predicted molar refractivity (Wildman–Crippen MR) is 175 cm³/mol. The second-order valence-corrected chi connectivity index (χ2v) is 12.6. The van der Waals surface area contributed by atoms with E-state index in [4.69, 9.17) is 29.4 Å². The number of rotatable bonds is 12. The second-order valence-electron chi connectivity index (χ2n) is 12.6. The molecule has 2 aromatic rings. The molecule has 2 fully saturated rings. The Bertz CT molecular complexity index is 1860. The van der Waals surface area contributed by atoms with Crippen LogP contribution in [0.1, 0.15) is 38.0 Å². The van der Waals surface area contributed by atoms with Crippen molar-refractivity contribution in [3.05, 3.63) is 84.9 Å². The number of carbonyl (C=O) groups is 4. The molecule has 5 rings (SSSR count). The zero-order valence-corrected chi connectivity index (χ0v) is 28.3. The van der Waals surface area contributed by atoms with E-state index in [9.17, 15) is 49.1 Å². The van der Waals surface area contributed by atoms with Crippen LogP contribution >= 0.6 is 0 Å². The van der Waals surface area contributed by atoms with Gasteiger partial charge in [-0.25, -0.2) is 4.79 Å². The number of nitro benzene ring substituents is 1. The number of esters is 1. The number of hydrogen-bond donors (Lipinski definition) is 6. The largest absolute Gasteiger partial charge is 0.456 e. The molecule has 1 aromatic carbocycles. The highest BCUT2D eigenvalue weighted by molar-refractivity contribution is 5.95. The highest BCUT2D eigenvalue weighted by atomic mass is 16.7. The molecule has 2 saturated heterocycles. The number of benzene rings is 1. The van der Waals surface area contributed by atoms with Crippen molar-refractivity contribution in [1.82, 2.24) is 20.2 Å². The molecule has 1 aromatic heterocycles. The number of non-ortho nitro benzene ring substituents is 1. The van der Waals surface area contributed by atoms with Crippen LogP contribution in [0.3, 0.4) is 0 Å². The number of nitrogens with two attached hydrogens (primary N) is 1. The molecule has 0 bridgehead atoms. The molecule has 21 heteroatoms. The number of primary amides is 1. The van der Waals surface area contributed by atoms with E-state index in [1.165, 1.54) is 24.3 Å². The van der Waals surface area contributed by atoms with Crippen LogP contribution in [0.2, 0.25) is 0 Å². The van der Waals surface area contributed by atoms with Crippen molar-refractivity contribution in [2.24, 2.45) is 5.73 Å². The molecule has 0 spiro atoms. The van der Waals surface area contributed by atoms with Gasteiger partial charge in [-0.3, -0.25) is 43.6 Å². The van der Waals surface area contributed by atoms with E-state index in [-0.39, 0.29) is 11.7 Å². The van der Waals surface area contributed by atoms with Gasteiger partial charge in [0.15, 0.2) is 24.2 Å². The van der Waals surface area contributed by atoms with Gasteiger partial charge in [0, 0.05) is 37.5 Å². The number of amides is 3. The number of nitrogens with zero attached hydrogens (tertiary/aromatic N) is 2. The summed E-state index contributed by atoms with van der Waals surface area (Å²) in [5.74, 6) is -4.06. The number of aromatic amines is 1. The second kappa shape index (κ2) is 16.5. The summed E-state index contributed by atoms with van der Waals surface area (Å²) < 4.78 is 29.4. The lowest BCUT2D eigenvalue weighted by molar-refractivity contribution is -0.384. The molecule has 0 saturated carbocycles. The molecule has 0 aliphatic carbocycles. The fraction of sp³-hybridized carbons (Fsp3) is 0.500. The summed E-state index contributed by atoms with van der Waals surface area (Å²) >= 11 is 0. The van der Waals surface area contributed by atoms with Gasteiger partial charge in [0.2, 0.25) is 18.1 Å². The first kappa shape index (κ1) is 38.7. The Morgan fingerprint density at radius 1 is 1.13 bits per heavy atom. The monoisotopic (exact) mass is 746 g/mol. The Morgan fingerprint density at radius 2 is 1.85 bits per heavy atom. The van der Waals surface area contributed by atoms with E-state index in [0.29, 0.717) is 24.8 Å². The number of nitro groups is 1. The first-order chi connectivity index (χ1) is 25.2. The summed E-state index contributed by atoms with van der Waals surface area (Å²) in [5.41, 5.74) is 4.04. The van der Waals surface area contributed by atoms with Crippen molar-refractivity contribution in [2.75, 3.05) is 7.11 Å². The Kier molecular flexibility index (Phi) is 12.0. The lowest BCUT2D eigenvalue weighted by Crippen LogP contribution is -2.54. The number of nitrogens with one attached hydrogen (secondary N) is 3. The standard InChI is InChI=1S/C32H38N6O15/c1-14-4-3-5-17(28(44)34-14)35-29(45)19-13-18(39)22(42)31(50-19)53-25(27(33)43)24-23(49-2)26(30(52-24)37-11-10-20(40)36-32(37)46)51-21(41)12-15-6-8-16(9-7-15)38(47)48/h6-11,13-14,17-18,22-26,30-31,39,42H,3-5,12H2,1-2H3,(H2,33,43)(H,34,44)(H,35,45)(H,36,40,46)/t14-,17+,18+,22+,23-,24+,25-,26-,30-,31-/m1/s1. The topological polar surface area (TPSA) is 303 Å². The lowest BCUT2D eigenvalue weighted by atomic mass is 10.0. The molecule has 3 aliphatic rings. The Hall–Kier alpha value is -5.48. The third-order valence-corrected chi connectivity index (χ3v) is 8.80. The Labute approximate surface area is 299 Å². The van der Waals surface area contributed by atoms with Gasteiger partial charge < -0.3 is 50.3 Å². The first-order valence-corrected chi connectivity index (χ1v) is 16.4. The van der Waals surface area contributed by atoms with Gasteiger partial charge in [-0.1, -0.05) is 12.1 Å². The molecule has 286 valence electrons. The zero-order chi connectivity index (χ0) is 38.6. The molecule has 0 unspecified atom stereocenters. The SMILES string of the molecule is CO[C@H]1[C@@H](OC(=O)Cc2ccc([N+](=O)[O-])cc2)[C@H](n2ccc(=O)[nH]c2=O)O[C@@H]1[C@@H](O[C@H]1OC(C(=O)N[C@H]2CCC[C@@H](C)NC2=O)=C[C@H](O)[C@@H]1O)C(N)=O. The van der Waals surface area contributed by atoms with E-state index in [2.05, 4.69) is 10.6 Å². The predicted octanol–water partition coefficient (Wildman–Crippen LogP) is -2.48. The fourth-order valence-corrected chi connectivity index (χ4v) is 6.13. The highest BCUT2D eigenvalue weighted by Gasteiger charge is 2.55. The fourth-order valence-electron chi connectivity index (χ4n) is 6.13. The quantitative estimate of drug-likeness (QED) is 0.0744. The van der Waals surface area contributed by atoms with Gasteiger partial charge in [-0.2, -0.15) is 0 Å². The van der Waals surface area contributed by atoms with Crippen molar-refractivity contribution in [3.8, 4) is 0 Å². The van der Waals surface area contributed by atoms with Gasteiger partial charge in [-0.15, -0.1) is 0 Å². The summed E-state index contributed by atoms with van der Waals surface area (Å²) in [6.07, 6.45) is -10.6. The van der Waals surface area contributed by atoms with Crippen LogP contribution in [0.4, 0.5) is 5.69 Å². The summed E-state index contributed by atoms with van der Waals surface area (Å²) in [7, 11) is 1.15. The molecule has 4 heterocycles. The number of carbonyl (C=O) groups excluding carboxylic acids is 4. The summed E-state index contributed by atoms with van der Waals surface area (Å²) in [6.45, 7) is 1.82. The van der Waals surface area contributed by atoms with Crippen LogP contribution in [0.5, 0.6) is 0 Å². The van der Waals surface area contributed by atoms with Crippen molar-refractivity contribution >= 4 is 29.4 Å². The van der Waals surface area contributed by atoms with E-state index in [1.807, 2.05) is 11.9 Å². The van der Waals surface area contributed by atoms with Gasteiger partial charge in [-0.05, 0) is 37.8 Å². The minimum absolute atomic E-state index is 0.107. The van der Waals surface area contributed by atoms with Crippen molar-refractivity contribution in [1.29, 1.82) is 0 Å². The van der Waals surface area contributed by atoms with Crippen molar-refractivity contribution < 1.29 is 58.0 Å².